The van der Waals surface area contributed by atoms with E-state index in [0.717, 1.165) is 45.1 Å². The Kier molecular flexibility index (Phi) is 6.07. The molecule has 146 valence electrons. The van der Waals surface area contributed by atoms with Crippen molar-refractivity contribution in [3.63, 3.8) is 0 Å². The lowest BCUT2D eigenvalue weighted by molar-refractivity contribution is -0.106. The quantitative estimate of drug-likeness (QED) is 0.791. The van der Waals surface area contributed by atoms with E-state index in [2.05, 4.69) is 42.8 Å². The van der Waals surface area contributed by atoms with Crippen molar-refractivity contribution in [2.24, 2.45) is 5.41 Å². The summed E-state index contributed by atoms with van der Waals surface area (Å²) in [4.78, 5) is 0. The summed E-state index contributed by atoms with van der Waals surface area (Å²) < 4.78 is 35.3. The fourth-order valence-corrected chi connectivity index (χ4v) is 5.81. The zero-order chi connectivity index (χ0) is 18.7. The molecule has 1 atom stereocenters. The minimum atomic E-state index is -3.34. The third-order valence-electron chi connectivity index (χ3n) is 5.69. The molecule has 6 heteroatoms. The fraction of sp³-hybridized carbons (Fsp3) is 0.700. The second kappa shape index (κ2) is 7.97. The maximum absolute atomic E-state index is 12.5. The summed E-state index contributed by atoms with van der Waals surface area (Å²) in [5, 5.41) is 0. The van der Waals surface area contributed by atoms with E-state index in [1.807, 2.05) is 6.07 Å². The Labute approximate surface area is 158 Å². The summed E-state index contributed by atoms with van der Waals surface area (Å²) in [5.41, 5.74) is 1.21. The molecule has 0 aliphatic carbocycles. The van der Waals surface area contributed by atoms with Crippen LogP contribution in [-0.4, -0.2) is 44.6 Å². The van der Waals surface area contributed by atoms with Crippen molar-refractivity contribution in [2.75, 3.05) is 26.2 Å². The van der Waals surface area contributed by atoms with Crippen molar-refractivity contribution in [3.8, 4) is 0 Å². The normalized spacial score (nSPS) is 26.8. The molecule has 26 heavy (non-hydrogen) atoms. The van der Waals surface area contributed by atoms with Gasteiger partial charge in [0.15, 0.2) is 0 Å². The van der Waals surface area contributed by atoms with Crippen LogP contribution >= 0.6 is 0 Å². The van der Waals surface area contributed by atoms with Crippen LogP contribution < -0.4 is 4.72 Å². The predicted octanol–water partition coefficient (Wildman–Crippen LogP) is 3.12. The Bertz CT molecular complexity index is 684. The van der Waals surface area contributed by atoms with Crippen LogP contribution in [0.4, 0.5) is 0 Å². The first-order chi connectivity index (χ1) is 12.3. The lowest BCUT2D eigenvalue weighted by Gasteiger charge is -2.45. The molecule has 2 saturated heterocycles. The molecule has 1 N–H and O–H groups in total. The molecular weight excluding hydrogens is 348 g/mol. The van der Waals surface area contributed by atoms with Gasteiger partial charge in [0.1, 0.15) is 0 Å². The number of ether oxygens (including phenoxy) is 1. The maximum atomic E-state index is 12.5. The first kappa shape index (κ1) is 19.8. The highest BCUT2D eigenvalue weighted by Crippen LogP contribution is 2.43. The smallest absolute Gasteiger partial charge is 0.279 e. The topological polar surface area (TPSA) is 58.6 Å². The second-order valence-corrected chi connectivity index (χ2v) is 10.2. The molecule has 0 aromatic heterocycles. The molecule has 0 unspecified atom stereocenters. The van der Waals surface area contributed by atoms with Gasteiger partial charge < -0.3 is 4.74 Å². The number of nitrogens with one attached hydrogen (secondary N) is 1. The molecule has 2 fully saturated rings. The summed E-state index contributed by atoms with van der Waals surface area (Å²) in [6, 6.07) is 10.5. The van der Waals surface area contributed by atoms with E-state index in [0.29, 0.717) is 19.6 Å². The molecule has 2 heterocycles. The molecule has 0 bridgehead atoms. The van der Waals surface area contributed by atoms with E-state index in [9.17, 15) is 8.42 Å². The molecule has 5 nitrogen and oxygen atoms in total. The van der Waals surface area contributed by atoms with Gasteiger partial charge in [-0.25, -0.2) is 4.72 Å². The molecule has 2 aliphatic rings. The zero-order valence-electron chi connectivity index (χ0n) is 16.0. The van der Waals surface area contributed by atoms with E-state index in [1.165, 1.54) is 5.56 Å². The summed E-state index contributed by atoms with van der Waals surface area (Å²) in [7, 11) is -3.34. The first-order valence-corrected chi connectivity index (χ1v) is 11.2. The predicted molar refractivity (Wildman–Crippen MR) is 104 cm³/mol. The van der Waals surface area contributed by atoms with Crippen LogP contribution in [0.15, 0.2) is 30.3 Å². The van der Waals surface area contributed by atoms with Crippen LogP contribution in [0.25, 0.3) is 0 Å². The maximum Gasteiger partial charge on any atom is 0.279 e. The van der Waals surface area contributed by atoms with E-state index in [-0.39, 0.29) is 11.0 Å². The number of rotatable bonds is 7. The van der Waals surface area contributed by atoms with Crippen LogP contribution in [0.5, 0.6) is 0 Å². The fourth-order valence-electron chi connectivity index (χ4n) is 4.53. The van der Waals surface area contributed by atoms with Gasteiger partial charge in [0.25, 0.3) is 10.2 Å². The monoisotopic (exact) mass is 380 g/mol. The summed E-state index contributed by atoms with van der Waals surface area (Å²) >= 11 is 0. The molecular formula is C20H32N2O3S. The molecule has 0 spiro atoms. The molecule has 3 rings (SSSR count). The molecule has 0 amide bonds. The van der Waals surface area contributed by atoms with Crippen LogP contribution in [0.3, 0.4) is 0 Å². The molecule has 2 aliphatic heterocycles. The lowest BCUT2D eigenvalue weighted by atomic mass is 9.68. The van der Waals surface area contributed by atoms with Crippen molar-refractivity contribution < 1.29 is 13.2 Å². The van der Waals surface area contributed by atoms with Gasteiger partial charge in [-0.3, -0.25) is 0 Å². The second-order valence-electron chi connectivity index (χ2n) is 8.45. The highest BCUT2D eigenvalue weighted by Gasteiger charge is 2.40. The number of hydrogen-bond acceptors (Lipinski definition) is 3. The largest absolute Gasteiger partial charge is 0.376 e. The van der Waals surface area contributed by atoms with E-state index in [1.54, 1.807) is 4.31 Å². The van der Waals surface area contributed by atoms with Crippen LogP contribution in [0.1, 0.15) is 51.5 Å². The Morgan fingerprint density at radius 2 is 1.85 bits per heavy atom. The number of hydrogen-bond donors (Lipinski definition) is 1. The lowest BCUT2D eigenvalue weighted by Crippen LogP contribution is -2.45. The van der Waals surface area contributed by atoms with Gasteiger partial charge in [-0.1, -0.05) is 30.3 Å². The van der Waals surface area contributed by atoms with Crippen molar-refractivity contribution in [2.45, 2.75) is 58.0 Å². The molecule has 1 aromatic carbocycles. The summed E-state index contributed by atoms with van der Waals surface area (Å²) in [5.74, 6) is 0. The summed E-state index contributed by atoms with van der Waals surface area (Å²) in [6.45, 7) is 6.79. The molecule has 0 saturated carbocycles. The zero-order valence-corrected chi connectivity index (χ0v) is 16.9. The standard InChI is InChI=1S/C20H32N2O3S/c1-19(2)17-20(11-15-25-19,16-18-8-4-3-5-9-18)10-12-21-26(23,24)22-13-6-7-14-22/h3-5,8-9,21H,6-7,10-17H2,1-2H3/t20-/m0/s1. The van der Waals surface area contributed by atoms with Gasteiger partial charge in [-0.15, -0.1) is 0 Å². The van der Waals surface area contributed by atoms with E-state index < -0.39 is 10.2 Å². The van der Waals surface area contributed by atoms with Crippen LogP contribution in [0.2, 0.25) is 0 Å². The van der Waals surface area contributed by atoms with Gasteiger partial charge in [0.05, 0.1) is 5.60 Å². The average molecular weight is 381 g/mol. The van der Waals surface area contributed by atoms with Crippen molar-refractivity contribution in [1.29, 1.82) is 0 Å². The SMILES string of the molecule is CC1(C)C[C@](CCNS(=O)(=O)N2CCCC2)(Cc2ccccc2)CCO1. The summed E-state index contributed by atoms with van der Waals surface area (Å²) in [6.07, 6.45) is 5.64. The third kappa shape index (κ3) is 5.06. The van der Waals surface area contributed by atoms with Crippen molar-refractivity contribution in [3.05, 3.63) is 35.9 Å². The van der Waals surface area contributed by atoms with Gasteiger partial charge in [-0.2, -0.15) is 12.7 Å². The van der Waals surface area contributed by atoms with Crippen molar-refractivity contribution in [1.82, 2.24) is 9.03 Å². The van der Waals surface area contributed by atoms with Crippen LogP contribution in [0, 0.1) is 5.41 Å². The van der Waals surface area contributed by atoms with E-state index >= 15 is 0 Å². The first-order valence-electron chi connectivity index (χ1n) is 9.73. The molecule has 0 radical (unpaired) electrons. The Hall–Kier alpha value is -0.950. The Balaban J connectivity index is 1.67. The third-order valence-corrected chi connectivity index (χ3v) is 7.31. The Morgan fingerprint density at radius 1 is 1.15 bits per heavy atom. The number of benzene rings is 1. The highest BCUT2D eigenvalue weighted by molar-refractivity contribution is 7.87. The van der Waals surface area contributed by atoms with Gasteiger partial charge in [0.2, 0.25) is 0 Å². The molecule has 1 aromatic rings. The highest BCUT2D eigenvalue weighted by atomic mass is 32.2. The number of nitrogens with zero attached hydrogens (tertiary/aromatic N) is 1. The average Bonchev–Trinajstić information content (AvgIpc) is 3.10. The van der Waals surface area contributed by atoms with Gasteiger partial charge in [0, 0.05) is 26.2 Å². The van der Waals surface area contributed by atoms with Crippen molar-refractivity contribution >= 4 is 10.2 Å². The van der Waals surface area contributed by atoms with Gasteiger partial charge in [-0.05, 0) is 63.4 Å². The van der Waals surface area contributed by atoms with E-state index in [4.69, 9.17) is 4.74 Å². The Morgan fingerprint density at radius 3 is 2.50 bits per heavy atom. The minimum Gasteiger partial charge on any atom is -0.376 e. The van der Waals surface area contributed by atoms with Crippen LogP contribution in [-0.2, 0) is 21.4 Å². The minimum absolute atomic E-state index is 0.0661. The van der Waals surface area contributed by atoms with Gasteiger partial charge >= 0.3 is 0 Å².